The number of hydrogen-bond acceptors (Lipinski definition) is 1. The van der Waals surface area contributed by atoms with Crippen molar-refractivity contribution in [2.45, 2.75) is 57.0 Å². The molecule has 0 saturated carbocycles. The molecule has 0 unspecified atom stereocenters. The highest BCUT2D eigenvalue weighted by Crippen LogP contribution is 2.44. The number of aromatic amines is 1. The van der Waals surface area contributed by atoms with Gasteiger partial charge in [-0.25, -0.2) is 0 Å². The van der Waals surface area contributed by atoms with E-state index in [0.717, 1.165) is 6.04 Å². The molecule has 2 heteroatoms. The molecular formula is C24H28N2. The predicted octanol–water partition coefficient (Wildman–Crippen LogP) is 5.64. The number of unbranched alkanes of at least 4 members (excludes halogenated alkanes) is 1. The normalized spacial score (nSPS) is 22.5. The molecule has 2 aromatic carbocycles. The monoisotopic (exact) mass is 344 g/mol. The predicted molar refractivity (Wildman–Crippen MR) is 108 cm³/mol. The zero-order valence-electron chi connectivity index (χ0n) is 15.5. The minimum Gasteiger partial charge on any atom is -0.358 e. The first-order chi connectivity index (χ1) is 12.9. The van der Waals surface area contributed by atoms with Gasteiger partial charge in [-0.3, -0.25) is 4.90 Å². The van der Waals surface area contributed by atoms with Crippen LogP contribution in [0.1, 0.15) is 55.0 Å². The van der Waals surface area contributed by atoms with E-state index in [4.69, 9.17) is 0 Å². The second kappa shape index (κ2) is 6.92. The Balaban J connectivity index is 1.32. The van der Waals surface area contributed by atoms with E-state index < -0.39 is 0 Å². The lowest BCUT2D eigenvalue weighted by molar-refractivity contribution is 0.0676. The molecule has 0 radical (unpaired) electrons. The fourth-order valence-electron chi connectivity index (χ4n) is 5.27. The highest BCUT2D eigenvalue weighted by Gasteiger charge is 2.38. The van der Waals surface area contributed by atoms with E-state index in [1.807, 2.05) is 0 Å². The number of aryl methyl sites for hydroxylation is 1. The Kier molecular flexibility index (Phi) is 4.30. The molecule has 5 rings (SSSR count). The Labute approximate surface area is 156 Å². The molecule has 0 spiro atoms. The number of nitrogens with one attached hydrogen (secondary N) is 1. The number of nitrogens with zero attached hydrogens (tertiary/aromatic N) is 1. The molecule has 1 N–H and O–H groups in total. The number of para-hydroxylation sites is 1. The molecule has 1 fully saturated rings. The number of fused-ring (bicyclic) bond motifs is 6. The minimum absolute atomic E-state index is 0.630. The molecule has 0 amide bonds. The number of aromatic nitrogens is 1. The largest absolute Gasteiger partial charge is 0.358 e. The van der Waals surface area contributed by atoms with Crippen LogP contribution in [0.3, 0.4) is 0 Å². The van der Waals surface area contributed by atoms with Gasteiger partial charge in [0.25, 0.3) is 0 Å². The van der Waals surface area contributed by atoms with Gasteiger partial charge in [0.15, 0.2) is 0 Å². The molecule has 2 bridgehead atoms. The van der Waals surface area contributed by atoms with Crippen LogP contribution in [0.5, 0.6) is 0 Å². The zero-order valence-corrected chi connectivity index (χ0v) is 15.5. The fraction of sp³-hybridized carbons (Fsp3) is 0.417. The van der Waals surface area contributed by atoms with Crippen molar-refractivity contribution in [2.75, 3.05) is 6.54 Å². The lowest BCUT2D eigenvalue weighted by Gasteiger charge is -2.46. The van der Waals surface area contributed by atoms with Gasteiger partial charge in [-0.2, -0.15) is 0 Å². The summed E-state index contributed by atoms with van der Waals surface area (Å²) in [5.41, 5.74) is 5.93. The average molecular weight is 345 g/mol. The summed E-state index contributed by atoms with van der Waals surface area (Å²) < 4.78 is 0. The molecule has 3 heterocycles. The van der Waals surface area contributed by atoms with E-state index in [9.17, 15) is 0 Å². The summed E-state index contributed by atoms with van der Waals surface area (Å²) >= 11 is 0. The first-order valence-corrected chi connectivity index (χ1v) is 10.3. The Morgan fingerprint density at radius 2 is 1.77 bits per heavy atom. The summed E-state index contributed by atoms with van der Waals surface area (Å²) in [6, 6.07) is 21.2. The lowest BCUT2D eigenvalue weighted by atomic mass is 9.82. The van der Waals surface area contributed by atoms with Gasteiger partial charge in [-0.1, -0.05) is 48.5 Å². The van der Waals surface area contributed by atoms with Gasteiger partial charge in [-0.05, 0) is 62.3 Å². The molecule has 1 saturated heterocycles. The molecule has 2 aliphatic rings. The number of rotatable bonds is 5. The van der Waals surface area contributed by atoms with Crippen molar-refractivity contribution in [3.05, 3.63) is 71.4 Å². The Hall–Kier alpha value is -2.06. The third kappa shape index (κ3) is 2.87. The SMILES string of the molecule is c1ccc(CCCCN2[C@H]3CCC[C@@H]2c2c([nH]c4ccccc24)C3)cc1. The van der Waals surface area contributed by atoms with Crippen LogP contribution in [0.25, 0.3) is 10.9 Å². The van der Waals surface area contributed by atoms with Crippen LogP contribution in [-0.4, -0.2) is 22.5 Å². The second-order valence-corrected chi connectivity index (χ2v) is 8.05. The van der Waals surface area contributed by atoms with Crippen molar-refractivity contribution in [1.82, 2.24) is 9.88 Å². The van der Waals surface area contributed by atoms with Crippen LogP contribution >= 0.6 is 0 Å². The summed E-state index contributed by atoms with van der Waals surface area (Å²) in [6.45, 7) is 1.25. The van der Waals surface area contributed by atoms with Gasteiger partial charge in [0, 0.05) is 35.1 Å². The summed E-state index contributed by atoms with van der Waals surface area (Å²) in [7, 11) is 0. The van der Waals surface area contributed by atoms with Crippen molar-refractivity contribution in [1.29, 1.82) is 0 Å². The van der Waals surface area contributed by atoms with Crippen LogP contribution in [0.4, 0.5) is 0 Å². The quantitative estimate of drug-likeness (QED) is 0.593. The van der Waals surface area contributed by atoms with E-state index in [1.165, 1.54) is 73.7 Å². The molecule has 2 nitrogen and oxygen atoms in total. The van der Waals surface area contributed by atoms with Gasteiger partial charge in [0.1, 0.15) is 0 Å². The maximum absolute atomic E-state index is 3.73. The molecule has 1 aromatic heterocycles. The van der Waals surface area contributed by atoms with Crippen LogP contribution in [0.15, 0.2) is 54.6 Å². The summed E-state index contributed by atoms with van der Waals surface area (Å²) in [5, 5.41) is 1.46. The third-order valence-electron chi connectivity index (χ3n) is 6.46. The third-order valence-corrected chi connectivity index (χ3v) is 6.46. The second-order valence-electron chi connectivity index (χ2n) is 8.05. The van der Waals surface area contributed by atoms with E-state index in [1.54, 1.807) is 5.56 Å². The number of piperidine rings is 1. The molecule has 2 atom stereocenters. The Morgan fingerprint density at radius 3 is 2.69 bits per heavy atom. The topological polar surface area (TPSA) is 19.0 Å². The van der Waals surface area contributed by atoms with E-state index in [0.29, 0.717) is 6.04 Å². The van der Waals surface area contributed by atoms with Crippen molar-refractivity contribution < 1.29 is 0 Å². The molecule has 2 aliphatic heterocycles. The fourth-order valence-corrected chi connectivity index (χ4v) is 5.27. The van der Waals surface area contributed by atoms with Gasteiger partial charge in [0.05, 0.1) is 0 Å². The summed E-state index contributed by atoms with van der Waals surface area (Å²) in [5.74, 6) is 0. The maximum Gasteiger partial charge on any atom is 0.0459 e. The Morgan fingerprint density at radius 1 is 0.923 bits per heavy atom. The van der Waals surface area contributed by atoms with Crippen molar-refractivity contribution >= 4 is 10.9 Å². The van der Waals surface area contributed by atoms with Crippen molar-refractivity contribution in [2.24, 2.45) is 0 Å². The highest BCUT2D eigenvalue weighted by molar-refractivity contribution is 5.85. The van der Waals surface area contributed by atoms with E-state index >= 15 is 0 Å². The molecule has 26 heavy (non-hydrogen) atoms. The highest BCUT2D eigenvalue weighted by atomic mass is 15.2. The molecule has 134 valence electrons. The van der Waals surface area contributed by atoms with Crippen LogP contribution in [0, 0.1) is 0 Å². The lowest BCUT2D eigenvalue weighted by Crippen LogP contribution is -2.46. The number of H-pyrrole nitrogens is 1. The maximum atomic E-state index is 3.73. The van der Waals surface area contributed by atoms with Crippen LogP contribution in [-0.2, 0) is 12.8 Å². The van der Waals surface area contributed by atoms with Crippen molar-refractivity contribution in [3.63, 3.8) is 0 Å². The molecular weight excluding hydrogens is 316 g/mol. The summed E-state index contributed by atoms with van der Waals surface area (Å²) in [4.78, 5) is 6.57. The van der Waals surface area contributed by atoms with E-state index in [-0.39, 0.29) is 0 Å². The smallest absolute Gasteiger partial charge is 0.0459 e. The van der Waals surface area contributed by atoms with Crippen molar-refractivity contribution in [3.8, 4) is 0 Å². The minimum atomic E-state index is 0.630. The first kappa shape index (κ1) is 16.1. The first-order valence-electron chi connectivity index (χ1n) is 10.3. The number of benzene rings is 2. The van der Waals surface area contributed by atoms with Gasteiger partial charge < -0.3 is 4.98 Å². The standard InChI is InChI=1S/C24H28N2/c1-2-9-18(10-3-1)11-6-7-16-26-19-12-8-15-23(26)24-20-13-4-5-14-21(20)25-22(24)17-19/h1-5,9-10,13-14,19,23,25H,6-8,11-12,15-17H2/t19-,23+/m0/s1. The average Bonchev–Trinajstić information content (AvgIpc) is 3.04. The summed E-state index contributed by atoms with van der Waals surface area (Å²) in [6.07, 6.45) is 9.09. The molecule has 3 aromatic rings. The molecule has 0 aliphatic carbocycles. The number of hydrogen-bond donors (Lipinski definition) is 1. The van der Waals surface area contributed by atoms with Gasteiger partial charge in [-0.15, -0.1) is 0 Å². The zero-order chi connectivity index (χ0) is 17.3. The van der Waals surface area contributed by atoms with Gasteiger partial charge >= 0.3 is 0 Å². The van der Waals surface area contributed by atoms with Crippen LogP contribution in [0.2, 0.25) is 0 Å². The van der Waals surface area contributed by atoms with Crippen LogP contribution < -0.4 is 0 Å². The Bertz CT molecular complexity index is 880. The van der Waals surface area contributed by atoms with E-state index in [2.05, 4.69) is 64.5 Å². The van der Waals surface area contributed by atoms with Gasteiger partial charge in [0.2, 0.25) is 0 Å².